The maximum Gasteiger partial charge on any atom is 0.222 e. The van der Waals surface area contributed by atoms with Crippen LogP contribution in [0.5, 0.6) is 0 Å². The molecule has 1 saturated heterocycles. The highest BCUT2D eigenvalue weighted by atomic mass is 35.5. The third kappa shape index (κ3) is 5.09. The fourth-order valence-electron chi connectivity index (χ4n) is 2.52. The molecule has 0 spiro atoms. The molecular weight excluding hydrogens is 336 g/mol. The standard InChI is InChI=1S/C15H23ClN4O2S/c1-3-14(22)20-7-6-10(9-20)19-15(17-2)18-8-11(21)12-4-5-13(16)23-12/h4-5,10-11,21H,3,6-9H2,1-2H3,(H2,17,18,19). The Kier molecular flexibility index (Phi) is 6.68. The van der Waals surface area contributed by atoms with E-state index in [1.165, 1.54) is 11.3 Å². The minimum atomic E-state index is -0.632. The summed E-state index contributed by atoms with van der Waals surface area (Å²) in [4.78, 5) is 18.6. The van der Waals surface area contributed by atoms with E-state index in [-0.39, 0.29) is 11.9 Å². The Labute approximate surface area is 145 Å². The summed E-state index contributed by atoms with van der Waals surface area (Å²) in [6.07, 6.45) is 0.804. The molecule has 0 aromatic carbocycles. The molecule has 1 aliphatic heterocycles. The summed E-state index contributed by atoms with van der Waals surface area (Å²) in [6, 6.07) is 3.78. The van der Waals surface area contributed by atoms with Gasteiger partial charge >= 0.3 is 0 Å². The van der Waals surface area contributed by atoms with E-state index in [0.717, 1.165) is 17.8 Å². The first-order valence-corrected chi connectivity index (χ1v) is 8.91. The normalized spacial score (nSPS) is 19.7. The summed E-state index contributed by atoms with van der Waals surface area (Å²) in [7, 11) is 1.69. The fourth-order valence-corrected chi connectivity index (χ4v) is 3.56. The predicted molar refractivity (Wildman–Crippen MR) is 94.1 cm³/mol. The topological polar surface area (TPSA) is 77.0 Å². The van der Waals surface area contributed by atoms with E-state index in [0.29, 0.717) is 29.8 Å². The van der Waals surface area contributed by atoms with Crippen molar-refractivity contribution in [2.24, 2.45) is 4.99 Å². The number of hydrogen-bond acceptors (Lipinski definition) is 4. The summed E-state index contributed by atoms with van der Waals surface area (Å²) < 4.78 is 0.660. The lowest BCUT2D eigenvalue weighted by Crippen LogP contribution is -2.46. The Bertz CT molecular complexity index is 563. The number of guanidine groups is 1. The third-order valence-electron chi connectivity index (χ3n) is 3.79. The molecule has 0 bridgehead atoms. The number of carbonyl (C=O) groups excluding carboxylic acids is 1. The highest BCUT2D eigenvalue weighted by Gasteiger charge is 2.25. The van der Waals surface area contributed by atoms with Crippen LogP contribution in [0.2, 0.25) is 4.34 Å². The number of carbonyl (C=O) groups is 1. The summed E-state index contributed by atoms with van der Waals surface area (Å²) in [5.41, 5.74) is 0. The van der Waals surface area contributed by atoms with E-state index >= 15 is 0 Å². The molecule has 0 saturated carbocycles. The van der Waals surface area contributed by atoms with Crippen molar-refractivity contribution in [1.29, 1.82) is 0 Å². The van der Waals surface area contributed by atoms with Gasteiger partial charge < -0.3 is 20.6 Å². The SMILES string of the molecule is CCC(=O)N1CCC(NC(=NC)NCC(O)c2ccc(Cl)s2)C1. The Morgan fingerprint density at radius 3 is 3.00 bits per heavy atom. The lowest BCUT2D eigenvalue weighted by Gasteiger charge is -2.19. The number of aliphatic hydroxyl groups is 1. The van der Waals surface area contributed by atoms with Crippen molar-refractivity contribution in [3.8, 4) is 0 Å². The van der Waals surface area contributed by atoms with E-state index in [1.807, 2.05) is 17.9 Å². The van der Waals surface area contributed by atoms with Crippen LogP contribution in [-0.4, -0.2) is 54.6 Å². The molecular formula is C15H23ClN4O2S. The van der Waals surface area contributed by atoms with E-state index in [4.69, 9.17) is 11.6 Å². The number of aliphatic hydroxyl groups excluding tert-OH is 1. The van der Waals surface area contributed by atoms with Crippen molar-refractivity contribution in [2.45, 2.75) is 31.9 Å². The summed E-state index contributed by atoms with van der Waals surface area (Å²) >= 11 is 7.24. The third-order valence-corrected chi connectivity index (χ3v) is 5.13. The lowest BCUT2D eigenvalue weighted by atomic mass is 10.2. The quantitative estimate of drug-likeness (QED) is 0.552. The molecule has 128 valence electrons. The predicted octanol–water partition coefficient (Wildman–Crippen LogP) is 1.61. The molecule has 1 amide bonds. The van der Waals surface area contributed by atoms with Crippen molar-refractivity contribution in [2.75, 3.05) is 26.7 Å². The summed E-state index contributed by atoms with van der Waals surface area (Å²) in [6.45, 7) is 3.69. The number of halogens is 1. The van der Waals surface area contributed by atoms with Gasteiger partial charge in [0.1, 0.15) is 6.10 Å². The van der Waals surface area contributed by atoms with Gasteiger partial charge in [-0.15, -0.1) is 11.3 Å². The number of hydrogen-bond donors (Lipinski definition) is 3. The lowest BCUT2D eigenvalue weighted by molar-refractivity contribution is -0.129. The van der Waals surface area contributed by atoms with Crippen molar-refractivity contribution >= 4 is 34.8 Å². The number of nitrogens with one attached hydrogen (secondary N) is 2. The van der Waals surface area contributed by atoms with Gasteiger partial charge in [0.25, 0.3) is 0 Å². The van der Waals surface area contributed by atoms with E-state index in [1.54, 1.807) is 13.1 Å². The molecule has 8 heteroatoms. The van der Waals surface area contributed by atoms with Crippen LogP contribution < -0.4 is 10.6 Å². The first-order chi connectivity index (χ1) is 11.0. The first kappa shape index (κ1) is 18.0. The van der Waals surface area contributed by atoms with Crippen molar-refractivity contribution in [1.82, 2.24) is 15.5 Å². The van der Waals surface area contributed by atoms with Gasteiger partial charge in [-0.2, -0.15) is 0 Å². The van der Waals surface area contributed by atoms with E-state index in [2.05, 4.69) is 15.6 Å². The second-order valence-corrected chi connectivity index (χ2v) is 7.18. The van der Waals surface area contributed by atoms with Crippen LogP contribution >= 0.6 is 22.9 Å². The van der Waals surface area contributed by atoms with E-state index in [9.17, 15) is 9.90 Å². The number of amides is 1. The molecule has 6 nitrogen and oxygen atoms in total. The summed E-state index contributed by atoms with van der Waals surface area (Å²) in [5, 5.41) is 16.5. The Morgan fingerprint density at radius 1 is 1.61 bits per heavy atom. The molecule has 1 aromatic heterocycles. The Balaban J connectivity index is 1.79. The van der Waals surface area contributed by atoms with Gasteiger partial charge in [-0.3, -0.25) is 9.79 Å². The van der Waals surface area contributed by atoms with Gasteiger partial charge in [-0.05, 0) is 18.6 Å². The smallest absolute Gasteiger partial charge is 0.222 e. The van der Waals surface area contributed by atoms with Crippen LogP contribution in [0, 0.1) is 0 Å². The van der Waals surface area contributed by atoms with Crippen LogP contribution in [0.3, 0.4) is 0 Å². The largest absolute Gasteiger partial charge is 0.386 e. The van der Waals surface area contributed by atoms with Gasteiger partial charge in [0.2, 0.25) is 5.91 Å². The maximum atomic E-state index is 11.7. The molecule has 2 unspecified atom stereocenters. The van der Waals surface area contributed by atoms with Gasteiger partial charge in [0.15, 0.2) is 5.96 Å². The first-order valence-electron chi connectivity index (χ1n) is 7.71. The number of aliphatic imine (C=N–C) groups is 1. The molecule has 2 atom stereocenters. The molecule has 1 aromatic rings. The van der Waals surface area contributed by atoms with Crippen molar-refractivity contribution in [3.63, 3.8) is 0 Å². The molecule has 1 aliphatic rings. The number of likely N-dealkylation sites (tertiary alicyclic amines) is 1. The van der Waals surface area contributed by atoms with Gasteiger partial charge in [-0.25, -0.2) is 0 Å². The van der Waals surface area contributed by atoms with Gasteiger partial charge in [-0.1, -0.05) is 18.5 Å². The zero-order chi connectivity index (χ0) is 16.8. The van der Waals surface area contributed by atoms with Gasteiger partial charge in [0, 0.05) is 44.0 Å². The Morgan fingerprint density at radius 2 is 2.39 bits per heavy atom. The number of nitrogens with zero attached hydrogens (tertiary/aromatic N) is 2. The molecule has 23 heavy (non-hydrogen) atoms. The van der Waals surface area contributed by atoms with Crippen LogP contribution in [0.1, 0.15) is 30.7 Å². The average Bonchev–Trinajstić information content (AvgIpc) is 3.19. The summed E-state index contributed by atoms with van der Waals surface area (Å²) in [5.74, 6) is 0.810. The van der Waals surface area contributed by atoms with Crippen LogP contribution in [0.25, 0.3) is 0 Å². The molecule has 2 rings (SSSR count). The number of rotatable bonds is 5. The van der Waals surface area contributed by atoms with E-state index < -0.39 is 6.10 Å². The zero-order valence-electron chi connectivity index (χ0n) is 13.4. The second kappa shape index (κ2) is 8.52. The van der Waals surface area contributed by atoms with Crippen molar-refractivity contribution < 1.29 is 9.90 Å². The zero-order valence-corrected chi connectivity index (χ0v) is 15.0. The van der Waals surface area contributed by atoms with Crippen LogP contribution in [-0.2, 0) is 4.79 Å². The highest BCUT2D eigenvalue weighted by Crippen LogP contribution is 2.26. The van der Waals surface area contributed by atoms with Gasteiger partial charge in [0.05, 0.1) is 4.34 Å². The van der Waals surface area contributed by atoms with Crippen molar-refractivity contribution in [3.05, 3.63) is 21.3 Å². The minimum absolute atomic E-state index is 0.183. The highest BCUT2D eigenvalue weighted by molar-refractivity contribution is 7.16. The second-order valence-electron chi connectivity index (χ2n) is 5.43. The average molecular weight is 359 g/mol. The Hall–Kier alpha value is -1.31. The van der Waals surface area contributed by atoms with Crippen LogP contribution in [0.15, 0.2) is 17.1 Å². The molecule has 1 fully saturated rings. The van der Waals surface area contributed by atoms with Crippen LogP contribution in [0.4, 0.5) is 0 Å². The molecule has 0 radical (unpaired) electrons. The minimum Gasteiger partial charge on any atom is -0.386 e. The molecule has 3 N–H and O–H groups in total. The molecule has 0 aliphatic carbocycles. The monoisotopic (exact) mass is 358 g/mol. The number of thiophene rings is 1. The molecule has 2 heterocycles. The fraction of sp³-hybridized carbons (Fsp3) is 0.600. The maximum absolute atomic E-state index is 11.7.